The minimum absolute atomic E-state index is 0.345. The van der Waals surface area contributed by atoms with Gasteiger partial charge in [-0.05, 0) is 6.92 Å². The molecule has 0 fully saturated rings. The molecule has 0 aliphatic carbocycles. The summed E-state index contributed by atoms with van der Waals surface area (Å²) in [6.07, 6.45) is 3.55. The molecule has 0 saturated carbocycles. The molecule has 0 aliphatic heterocycles. The fourth-order valence-corrected chi connectivity index (χ4v) is 1.15. The molecule has 0 saturated heterocycles. The summed E-state index contributed by atoms with van der Waals surface area (Å²) < 4.78 is 6.71. The molecule has 0 unspecified atom stereocenters. The largest absolute Gasteiger partial charge is 0.367 e. The molecule has 0 aliphatic rings. The second-order valence-electron chi connectivity index (χ2n) is 2.88. The number of rotatable bonds is 1. The number of hydrogen-bond donors (Lipinski definition) is 1. The van der Waals surface area contributed by atoms with Gasteiger partial charge >= 0.3 is 0 Å². The van der Waals surface area contributed by atoms with E-state index in [2.05, 4.69) is 10.1 Å². The van der Waals surface area contributed by atoms with Crippen molar-refractivity contribution in [1.82, 2.24) is 14.7 Å². The molecular weight excluding hydrogens is 168 g/mol. The maximum absolute atomic E-state index is 5.53. The van der Waals surface area contributed by atoms with Crippen LogP contribution in [-0.2, 0) is 7.05 Å². The number of anilines is 1. The van der Waals surface area contributed by atoms with Crippen LogP contribution >= 0.6 is 0 Å². The normalized spacial score (nSPS) is 10.6. The molecule has 0 amide bonds. The number of nitrogen functional groups attached to an aromatic ring is 1. The summed E-state index contributed by atoms with van der Waals surface area (Å²) in [5, 5.41) is 3.84. The van der Waals surface area contributed by atoms with Gasteiger partial charge < -0.3 is 14.8 Å². The van der Waals surface area contributed by atoms with Gasteiger partial charge in [0.05, 0.1) is 0 Å². The first kappa shape index (κ1) is 7.85. The van der Waals surface area contributed by atoms with E-state index in [4.69, 9.17) is 10.3 Å². The van der Waals surface area contributed by atoms with E-state index < -0.39 is 0 Å². The molecule has 2 heterocycles. The van der Waals surface area contributed by atoms with Gasteiger partial charge in [0.1, 0.15) is 0 Å². The van der Waals surface area contributed by atoms with Crippen LogP contribution in [0.3, 0.4) is 0 Å². The van der Waals surface area contributed by atoms with Gasteiger partial charge in [-0.3, -0.25) is 0 Å². The predicted octanol–water partition coefficient (Wildman–Crippen LogP) is 0.966. The van der Waals surface area contributed by atoms with Crippen molar-refractivity contribution >= 4 is 5.88 Å². The number of imidazole rings is 1. The highest BCUT2D eigenvalue weighted by molar-refractivity contribution is 5.60. The van der Waals surface area contributed by atoms with Gasteiger partial charge in [0, 0.05) is 25.0 Å². The van der Waals surface area contributed by atoms with Crippen molar-refractivity contribution in [2.75, 3.05) is 5.73 Å². The van der Waals surface area contributed by atoms with Crippen LogP contribution in [0.5, 0.6) is 0 Å². The topological polar surface area (TPSA) is 69.9 Å². The third kappa shape index (κ3) is 1.09. The molecule has 0 spiro atoms. The molecule has 2 N–H and O–H groups in total. The SMILES string of the molecule is Cc1c(-c2nccn2C)noc1N. The fraction of sp³-hybridized carbons (Fsp3) is 0.250. The second kappa shape index (κ2) is 2.62. The molecule has 0 atom stereocenters. The molecule has 2 rings (SSSR count). The van der Waals surface area contributed by atoms with E-state index in [1.807, 2.05) is 24.7 Å². The van der Waals surface area contributed by atoms with Gasteiger partial charge in [0.2, 0.25) is 5.88 Å². The van der Waals surface area contributed by atoms with Gasteiger partial charge in [-0.2, -0.15) is 0 Å². The third-order valence-electron chi connectivity index (χ3n) is 1.99. The number of aryl methyl sites for hydroxylation is 1. The van der Waals surface area contributed by atoms with Crippen molar-refractivity contribution in [3.63, 3.8) is 0 Å². The van der Waals surface area contributed by atoms with Crippen LogP contribution in [0.1, 0.15) is 5.56 Å². The Bertz CT molecular complexity index is 429. The van der Waals surface area contributed by atoms with E-state index in [9.17, 15) is 0 Å². The Balaban J connectivity index is 2.59. The highest BCUT2D eigenvalue weighted by atomic mass is 16.5. The van der Waals surface area contributed by atoms with Crippen LogP contribution in [0, 0.1) is 6.92 Å². The number of aromatic nitrogens is 3. The number of nitrogens with two attached hydrogens (primary N) is 1. The lowest BCUT2D eigenvalue weighted by Gasteiger charge is -1.96. The maximum atomic E-state index is 5.53. The second-order valence-corrected chi connectivity index (χ2v) is 2.88. The fourth-order valence-electron chi connectivity index (χ4n) is 1.15. The summed E-state index contributed by atoms with van der Waals surface area (Å²) in [6, 6.07) is 0. The van der Waals surface area contributed by atoms with Gasteiger partial charge in [0.25, 0.3) is 0 Å². The average Bonchev–Trinajstić information content (AvgIpc) is 2.62. The quantitative estimate of drug-likeness (QED) is 0.706. The first-order chi connectivity index (χ1) is 6.20. The van der Waals surface area contributed by atoms with Crippen molar-refractivity contribution in [3.8, 4) is 11.5 Å². The van der Waals surface area contributed by atoms with Crippen LogP contribution < -0.4 is 5.73 Å². The number of nitrogens with zero attached hydrogens (tertiary/aromatic N) is 3. The molecule has 5 nitrogen and oxygen atoms in total. The Kier molecular flexibility index (Phi) is 1.58. The van der Waals surface area contributed by atoms with E-state index in [0.29, 0.717) is 11.6 Å². The highest BCUT2D eigenvalue weighted by Gasteiger charge is 2.14. The molecule has 0 aromatic carbocycles. The van der Waals surface area contributed by atoms with E-state index in [1.54, 1.807) is 6.20 Å². The molecule has 68 valence electrons. The van der Waals surface area contributed by atoms with E-state index in [1.165, 1.54) is 0 Å². The van der Waals surface area contributed by atoms with Gasteiger partial charge in [-0.1, -0.05) is 5.16 Å². The summed E-state index contributed by atoms with van der Waals surface area (Å²) in [7, 11) is 1.90. The first-order valence-corrected chi connectivity index (χ1v) is 3.89. The molecule has 0 radical (unpaired) electrons. The summed E-state index contributed by atoms with van der Waals surface area (Å²) in [5.41, 5.74) is 7.06. The summed E-state index contributed by atoms with van der Waals surface area (Å²) in [4.78, 5) is 4.15. The zero-order chi connectivity index (χ0) is 9.42. The Labute approximate surface area is 75.2 Å². The Morgan fingerprint density at radius 3 is 2.77 bits per heavy atom. The number of hydrogen-bond acceptors (Lipinski definition) is 4. The molecule has 0 bridgehead atoms. The first-order valence-electron chi connectivity index (χ1n) is 3.89. The smallest absolute Gasteiger partial charge is 0.225 e. The van der Waals surface area contributed by atoms with Gasteiger partial charge in [-0.25, -0.2) is 4.98 Å². The zero-order valence-corrected chi connectivity index (χ0v) is 7.48. The molecule has 13 heavy (non-hydrogen) atoms. The lowest BCUT2D eigenvalue weighted by Crippen LogP contribution is -1.93. The lowest BCUT2D eigenvalue weighted by atomic mass is 10.2. The van der Waals surface area contributed by atoms with Crippen LogP contribution in [0.4, 0.5) is 5.88 Å². The van der Waals surface area contributed by atoms with Crippen LogP contribution in [0.2, 0.25) is 0 Å². The van der Waals surface area contributed by atoms with Gasteiger partial charge in [-0.15, -0.1) is 0 Å². The van der Waals surface area contributed by atoms with Crippen LogP contribution in [0.25, 0.3) is 11.5 Å². The minimum Gasteiger partial charge on any atom is -0.367 e. The zero-order valence-electron chi connectivity index (χ0n) is 7.48. The van der Waals surface area contributed by atoms with E-state index in [0.717, 1.165) is 11.4 Å². The monoisotopic (exact) mass is 178 g/mol. The van der Waals surface area contributed by atoms with Crippen LogP contribution in [-0.4, -0.2) is 14.7 Å². The standard InChI is InChI=1S/C8H10N4O/c1-5-6(11-13-7(5)9)8-10-3-4-12(8)2/h3-4H,9H2,1-2H3. The summed E-state index contributed by atoms with van der Waals surface area (Å²) in [6.45, 7) is 1.86. The Hall–Kier alpha value is -1.78. The molecule has 5 heteroatoms. The lowest BCUT2D eigenvalue weighted by molar-refractivity contribution is 0.438. The Morgan fingerprint density at radius 1 is 1.54 bits per heavy atom. The van der Waals surface area contributed by atoms with Crippen molar-refractivity contribution in [2.24, 2.45) is 7.05 Å². The van der Waals surface area contributed by atoms with Crippen LogP contribution in [0.15, 0.2) is 16.9 Å². The summed E-state index contributed by atoms with van der Waals surface area (Å²) in [5.74, 6) is 1.11. The van der Waals surface area contributed by atoms with Crippen molar-refractivity contribution < 1.29 is 4.52 Å². The molecule has 2 aromatic rings. The molecular formula is C8H10N4O. The average molecular weight is 178 g/mol. The molecule has 2 aromatic heterocycles. The summed E-state index contributed by atoms with van der Waals surface area (Å²) >= 11 is 0. The van der Waals surface area contributed by atoms with Crippen molar-refractivity contribution in [1.29, 1.82) is 0 Å². The van der Waals surface area contributed by atoms with Gasteiger partial charge in [0.15, 0.2) is 11.5 Å². The Morgan fingerprint density at radius 2 is 2.31 bits per heavy atom. The third-order valence-corrected chi connectivity index (χ3v) is 1.99. The predicted molar refractivity (Wildman–Crippen MR) is 47.9 cm³/mol. The van der Waals surface area contributed by atoms with E-state index >= 15 is 0 Å². The highest BCUT2D eigenvalue weighted by Crippen LogP contribution is 2.23. The van der Waals surface area contributed by atoms with Crippen molar-refractivity contribution in [2.45, 2.75) is 6.92 Å². The van der Waals surface area contributed by atoms with Crippen molar-refractivity contribution in [3.05, 3.63) is 18.0 Å². The maximum Gasteiger partial charge on any atom is 0.225 e. The van der Waals surface area contributed by atoms with E-state index in [-0.39, 0.29) is 0 Å². The minimum atomic E-state index is 0.345.